The lowest BCUT2D eigenvalue weighted by Gasteiger charge is -2.05. The molecule has 2 unspecified atom stereocenters. The fourth-order valence-electron chi connectivity index (χ4n) is 1.39. The molecule has 2 atom stereocenters. The van der Waals surface area contributed by atoms with Crippen LogP contribution in [0.25, 0.3) is 0 Å². The van der Waals surface area contributed by atoms with E-state index >= 15 is 0 Å². The van der Waals surface area contributed by atoms with E-state index in [0.717, 1.165) is 17.5 Å². The summed E-state index contributed by atoms with van der Waals surface area (Å²) in [4.78, 5) is 12.2. The SMILES string of the molecule is Cc1ccccc1C(=O)NC1CC1Br. The molecule has 0 saturated heterocycles. The van der Waals surface area contributed by atoms with Gasteiger partial charge in [0.2, 0.25) is 0 Å². The quantitative estimate of drug-likeness (QED) is 0.806. The number of carbonyl (C=O) groups is 1. The Balaban J connectivity index is 2.07. The van der Waals surface area contributed by atoms with Crippen LogP contribution in [0.2, 0.25) is 0 Å². The van der Waals surface area contributed by atoms with Crippen LogP contribution < -0.4 is 5.32 Å². The lowest BCUT2D eigenvalue weighted by atomic mass is 10.1. The third-order valence-electron chi connectivity index (χ3n) is 2.42. The summed E-state index contributed by atoms with van der Waals surface area (Å²) >= 11 is 3.45. The van der Waals surface area contributed by atoms with Crippen LogP contribution in [0, 0.1) is 6.92 Å². The van der Waals surface area contributed by atoms with Gasteiger partial charge in [0, 0.05) is 16.4 Å². The summed E-state index contributed by atoms with van der Waals surface area (Å²) in [5, 5.41) is 2.97. The summed E-state index contributed by atoms with van der Waals surface area (Å²) in [6.07, 6.45) is 1.04. The van der Waals surface area contributed by atoms with Crippen LogP contribution in [0.4, 0.5) is 0 Å². The topological polar surface area (TPSA) is 29.1 Å². The van der Waals surface area contributed by atoms with E-state index in [1.54, 1.807) is 0 Å². The second-order valence-corrected chi connectivity index (χ2v) is 4.82. The summed E-state index contributed by atoms with van der Waals surface area (Å²) < 4.78 is 0. The van der Waals surface area contributed by atoms with E-state index in [1.165, 1.54) is 0 Å². The van der Waals surface area contributed by atoms with E-state index in [2.05, 4.69) is 21.2 Å². The van der Waals surface area contributed by atoms with E-state index in [4.69, 9.17) is 0 Å². The zero-order valence-corrected chi connectivity index (χ0v) is 9.54. The van der Waals surface area contributed by atoms with Gasteiger partial charge >= 0.3 is 0 Å². The maximum Gasteiger partial charge on any atom is 0.251 e. The summed E-state index contributed by atoms with van der Waals surface area (Å²) in [6.45, 7) is 1.95. The molecule has 14 heavy (non-hydrogen) atoms. The van der Waals surface area contributed by atoms with Gasteiger partial charge < -0.3 is 5.32 Å². The molecule has 0 radical (unpaired) electrons. The van der Waals surface area contributed by atoms with Crippen molar-refractivity contribution in [3.8, 4) is 0 Å². The molecule has 0 aromatic heterocycles. The molecule has 1 aliphatic carbocycles. The third kappa shape index (κ3) is 1.98. The third-order valence-corrected chi connectivity index (χ3v) is 3.43. The van der Waals surface area contributed by atoms with Crippen LogP contribution in [0.1, 0.15) is 22.3 Å². The van der Waals surface area contributed by atoms with Crippen LogP contribution >= 0.6 is 15.9 Å². The first-order chi connectivity index (χ1) is 6.68. The van der Waals surface area contributed by atoms with Gasteiger partial charge in [-0.2, -0.15) is 0 Å². The highest BCUT2D eigenvalue weighted by molar-refractivity contribution is 9.09. The number of halogens is 1. The molecular weight excluding hydrogens is 242 g/mol. The number of carbonyl (C=O) groups excluding carboxylic acids is 1. The number of rotatable bonds is 2. The van der Waals surface area contributed by atoms with Crippen molar-refractivity contribution >= 4 is 21.8 Å². The smallest absolute Gasteiger partial charge is 0.251 e. The van der Waals surface area contributed by atoms with Gasteiger partial charge in [-0.25, -0.2) is 0 Å². The Morgan fingerprint density at radius 2 is 2.14 bits per heavy atom. The largest absolute Gasteiger partial charge is 0.348 e. The average Bonchev–Trinajstić information content (AvgIpc) is 2.82. The highest BCUT2D eigenvalue weighted by Gasteiger charge is 2.36. The number of nitrogens with one attached hydrogen (secondary N) is 1. The summed E-state index contributed by atoms with van der Waals surface area (Å²) in [5.41, 5.74) is 1.80. The molecule has 1 aliphatic rings. The lowest BCUT2D eigenvalue weighted by molar-refractivity contribution is 0.0950. The second-order valence-electron chi connectivity index (χ2n) is 3.65. The van der Waals surface area contributed by atoms with Gasteiger partial charge in [-0.3, -0.25) is 4.79 Å². The first kappa shape index (κ1) is 9.71. The summed E-state index contributed by atoms with van der Waals surface area (Å²) in [6, 6.07) is 7.96. The van der Waals surface area contributed by atoms with E-state index in [0.29, 0.717) is 10.9 Å². The fourth-order valence-corrected chi connectivity index (χ4v) is 1.92. The van der Waals surface area contributed by atoms with Crippen molar-refractivity contribution in [3.63, 3.8) is 0 Å². The van der Waals surface area contributed by atoms with Gasteiger partial charge in [0.25, 0.3) is 5.91 Å². The van der Waals surface area contributed by atoms with E-state index in [1.807, 2.05) is 31.2 Å². The molecular formula is C11H12BrNO. The van der Waals surface area contributed by atoms with E-state index in [-0.39, 0.29) is 5.91 Å². The average molecular weight is 254 g/mol. The molecule has 1 aromatic rings. The number of alkyl halides is 1. The van der Waals surface area contributed by atoms with Crippen LogP contribution in [0.3, 0.4) is 0 Å². The molecule has 1 aromatic carbocycles. The van der Waals surface area contributed by atoms with Gasteiger partial charge in [0.05, 0.1) is 0 Å². The monoisotopic (exact) mass is 253 g/mol. The van der Waals surface area contributed by atoms with Crippen LogP contribution in [0.15, 0.2) is 24.3 Å². The fraction of sp³-hybridized carbons (Fsp3) is 0.364. The van der Waals surface area contributed by atoms with Crippen molar-refractivity contribution in [3.05, 3.63) is 35.4 Å². The van der Waals surface area contributed by atoms with Crippen LogP contribution in [0.5, 0.6) is 0 Å². The Morgan fingerprint density at radius 3 is 2.71 bits per heavy atom. The number of amides is 1. The van der Waals surface area contributed by atoms with Gasteiger partial charge in [0.1, 0.15) is 0 Å². The number of hydrogen-bond acceptors (Lipinski definition) is 1. The van der Waals surface area contributed by atoms with Crippen molar-refractivity contribution in [2.75, 3.05) is 0 Å². The molecule has 1 amide bonds. The van der Waals surface area contributed by atoms with Gasteiger partial charge in [-0.15, -0.1) is 0 Å². The number of benzene rings is 1. The van der Waals surface area contributed by atoms with Crippen molar-refractivity contribution in [2.45, 2.75) is 24.2 Å². The first-order valence-electron chi connectivity index (χ1n) is 4.69. The highest BCUT2D eigenvalue weighted by atomic mass is 79.9. The highest BCUT2D eigenvalue weighted by Crippen LogP contribution is 2.30. The predicted octanol–water partition coefficient (Wildman–Crippen LogP) is 2.26. The Kier molecular flexibility index (Phi) is 2.59. The molecule has 0 aliphatic heterocycles. The second kappa shape index (κ2) is 3.73. The van der Waals surface area contributed by atoms with Gasteiger partial charge in [-0.05, 0) is 25.0 Å². The minimum atomic E-state index is 0.0371. The maximum absolute atomic E-state index is 11.7. The molecule has 2 rings (SSSR count). The summed E-state index contributed by atoms with van der Waals surface area (Å²) in [7, 11) is 0. The standard InChI is InChI=1S/C11H12BrNO/c1-7-4-2-3-5-8(7)11(14)13-10-6-9(10)12/h2-5,9-10H,6H2,1H3,(H,13,14). The molecule has 0 heterocycles. The Bertz CT molecular complexity index is 364. The van der Waals surface area contributed by atoms with Crippen molar-refractivity contribution in [1.29, 1.82) is 0 Å². The predicted molar refractivity (Wildman–Crippen MR) is 59.8 cm³/mol. The molecule has 0 spiro atoms. The number of aryl methyl sites for hydroxylation is 1. The Hall–Kier alpha value is -0.830. The molecule has 1 N–H and O–H groups in total. The van der Waals surface area contributed by atoms with Crippen LogP contribution in [-0.2, 0) is 0 Å². The van der Waals surface area contributed by atoms with Crippen LogP contribution in [-0.4, -0.2) is 16.8 Å². The summed E-state index contributed by atoms with van der Waals surface area (Å²) in [5.74, 6) is 0.0371. The Morgan fingerprint density at radius 1 is 1.50 bits per heavy atom. The maximum atomic E-state index is 11.7. The zero-order chi connectivity index (χ0) is 10.1. The molecule has 1 fully saturated rings. The van der Waals surface area contributed by atoms with Gasteiger partial charge in [-0.1, -0.05) is 34.1 Å². The van der Waals surface area contributed by atoms with Crippen molar-refractivity contribution < 1.29 is 4.79 Å². The van der Waals surface area contributed by atoms with E-state index in [9.17, 15) is 4.79 Å². The van der Waals surface area contributed by atoms with Gasteiger partial charge in [0.15, 0.2) is 0 Å². The first-order valence-corrected chi connectivity index (χ1v) is 5.60. The molecule has 2 nitrogen and oxygen atoms in total. The zero-order valence-electron chi connectivity index (χ0n) is 7.96. The lowest BCUT2D eigenvalue weighted by Crippen LogP contribution is -2.27. The molecule has 1 saturated carbocycles. The molecule has 0 bridgehead atoms. The van der Waals surface area contributed by atoms with Crippen molar-refractivity contribution in [1.82, 2.24) is 5.32 Å². The van der Waals surface area contributed by atoms with E-state index < -0.39 is 0 Å². The molecule has 74 valence electrons. The minimum Gasteiger partial charge on any atom is -0.348 e. The number of hydrogen-bond donors (Lipinski definition) is 1. The minimum absolute atomic E-state index is 0.0371. The molecule has 3 heteroatoms. The van der Waals surface area contributed by atoms with Crippen molar-refractivity contribution in [2.24, 2.45) is 0 Å². The normalized spacial score (nSPS) is 24.4. The Labute approximate surface area is 91.8 Å².